The Labute approximate surface area is 169 Å². The van der Waals surface area contributed by atoms with Crippen molar-refractivity contribution in [2.24, 2.45) is 5.92 Å². The first-order valence-corrected chi connectivity index (χ1v) is 9.59. The first-order chi connectivity index (χ1) is 13.8. The highest BCUT2D eigenvalue weighted by atomic mass is 16.4. The summed E-state index contributed by atoms with van der Waals surface area (Å²) in [6.45, 7) is 4.26. The van der Waals surface area contributed by atoms with Gasteiger partial charge in [-0.15, -0.1) is 0 Å². The Bertz CT molecular complexity index is 881. The number of benzene rings is 2. The van der Waals surface area contributed by atoms with Gasteiger partial charge in [-0.2, -0.15) is 0 Å². The Morgan fingerprint density at radius 1 is 1.00 bits per heavy atom. The van der Waals surface area contributed by atoms with E-state index in [2.05, 4.69) is 10.6 Å². The number of anilines is 1. The Morgan fingerprint density at radius 2 is 1.66 bits per heavy atom. The predicted molar refractivity (Wildman–Crippen MR) is 110 cm³/mol. The van der Waals surface area contributed by atoms with Gasteiger partial charge in [0.05, 0.1) is 5.92 Å². The number of aliphatic carboxylic acids is 1. The zero-order valence-electron chi connectivity index (χ0n) is 16.5. The number of hydrogen-bond donors (Lipinski definition) is 3. The Balaban J connectivity index is 1.70. The maximum atomic E-state index is 12.9. The Morgan fingerprint density at radius 3 is 2.24 bits per heavy atom. The molecule has 7 nitrogen and oxygen atoms in total. The predicted octanol–water partition coefficient (Wildman–Crippen LogP) is 3.16. The van der Waals surface area contributed by atoms with Crippen molar-refractivity contribution in [1.82, 2.24) is 10.2 Å². The smallest absolute Gasteiger partial charge is 0.319 e. The van der Waals surface area contributed by atoms with E-state index in [0.29, 0.717) is 17.8 Å². The zero-order valence-corrected chi connectivity index (χ0v) is 16.5. The van der Waals surface area contributed by atoms with E-state index in [-0.39, 0.29) is 30.4 Å². The van der Waals surface area contributed by atoms with Crippen LogP contribution in [0.4, 0.5) is 10.5 Å². The fraction of sp³-hybridized carbons (Fsp3) is 0.318. The third-order valence-electron chi connectivity index (χ3n) is 4.96. The standard InChI is InChI=1S/C22H25N3O4/c1-14(2)23-22(29)24-17-10-8-16(9-11-17)20(26)25-12-18(19(13-25)21(27)28)15-6-4-3-5-7-15/h3-11,14,18-19H,12-13H2,1-2H3,(H,27,28)(H2,23,24,29). The summed E-state index contributed by atoms with van der Waals surface area (Å²) in [4.78, 5) is 38.0. The zero-order chi connectivity index (χ0) is 21.0. The quantitative estimate of drug-likeness (QED) is 0.724. The second-order valence-corrected chi connectivity index (χ2v) is 7.50. The Hall–Kier alpha value is -3.35. The summed E-state index contributed by atoms with van der Waals surface area (Å²) in [7, 11) is 0. The van der Waals surface area contributed by atoms with Crippen molar-refractivity contribution in [3.05, 3.63) is 65.7 Å². The number of carboxylic acids is 1. The largest absolute Gasteiger partial charge is 0.481 e. The van der Waals surface area contributed by atoms with Crippen LogP contribution in [-0.4, -0.2) is 47.0 Å². The van der Waals surface area contributed by atoms with Crippen LogP contribution in [0.15, 0.2) is 54.6 Å². The molecule has 0 bridgehead atoms. The topological polar surface area (TPSA) is 98.7 Å². The highest BCUT2D eigenvalue weighted by Gasteiger charge is 2.40. The van der Waals surface area contributed by atoms with Crippen LogP contribution in [0.3, 0.4) is 0 Å². The molecule has 2 aromatic rings. The second kappa shape index (κ2) is 8.77. The molecule has 7 heteroatoms. The van der Waals surface area contributed by atoms with Crippen molar-refractivity contribution in [2.45, 2.75) is 25.8 Å². The molecule has 1 heterocycles. The Kier molecular flexibility index (Phi) is 6.16. The van der Waals surface area contributed by atoms with Crippen LogP contribution >= 0.6 is 0 Å². The van der Waals surface area contributed by atoms with Gasteiger partial charge >= 0.3 is 12.0 Å². The second-order valence-electron chi connectivity index (χ2n) is 7.50. The van der Waals surface area contributed by atoms with E-state index in [1.54, 1.807) is 29.2 Å². The van der Waals surface area contributed by atoms with Gasteiger partial charge in [0.25, 0.3) is 5.91 Å². The number of carboxylic acid groups (broad SMARTS) is 1. The molecule has 152 valence electrons. The van der Waals surface area contributed by atoms with Crippen LogP contribution in [0, 0.1) is 5.92 Å². The molecule has 2 unspecified atom stereocenters. The summed E-state index contributed by atoms with van der Waals surface area (Å²) in [6, 6.07) is 15.7. The molecule has 1 fully saturated rings. The van der Waals surface area contributed by atoms with Crippen molar-refractivity contribution in [3.8, 4) is 0 Å². The van der Waals surface area contributed by atoms with E-state index in [1.165, 1.54) is 0 Å². The maximum Gasteiger partial charge on any atom is 0.319 e. The highest BCUT2D eigenvalue weighted by molar-refractivity contribution is 5.96. The van der Waals surface area contributed by atoms with Crippen LogP contribution in [0.5, 0.6) is 0 Å². The summed E-state index contributed by atoms with van der Waals surface area (Å²) >= 11 is 0. The molecule has 3 N–H and O–H groups in total. The molecule has 0 spiro atoms. The fourth-order valence-corrected chi connectivity index (χ4v) is 3.57. The lowest BCUT2D eigenvalue weighted by molar-refractivity contribution is -0.141. The van der Waals surface area contributed by atoms with Crippen molar-refractivity contribution in [2.75, 3.05) is 18.4 Å². The van der Waals surface area contributed by atoms with E-state index >= 15 is 0 Å². The normalized spacial score (nSPS) is 18.5. The van der Waals surface area contributed by atoms with E-state index in [4.69, 9.17) is 0 Å². The van der Waals surface area contributed by atoms with Crippen molar-refractivity contribution in [1.29, 1.82) is 0 Å². The van der Waals surface area contributed by atoms with Gasteiger partial charge in [-0.3, -0.25) is 9.59 Å². The highest BCUT2D eigenvalue weighted by Crippen LogP contribution is 2.33. The molecule has 1 aliphatic heterocycles. The van der Waals surface area contributed by atoms with Crippen molar-refractivity contribution in [3.63, 3.8) is 0 Å². The van der Waals surface area contributed by atoms with Gasteiger partial charge in [0.1, 0.15) is 0 Å². The SMILES string of the molecule is CC(C)NC(=O)Nc1ccc(C(=O)N2CC(C(=O)O)C(c3ccccc3)C2)cc1. The average molecular weight is 395 g/mol. The molecule has 3 rings (SSSR count). The minimum atomic E-state index is -0.898. The number of carbonyl (C=O) groups is 3. The van der Waals surface area contributed by atoms with Crippen molar-refractivity contribution >= 4 is 23.6 Å². The van der Waals surface area contributed by atoms with Crippen LogP contribution in [0.25, 0.3) is 0 Å². The third-order valence-corrected chi connectivity index (χ3v) is 4.96. The summed E-state index contributed by atoms with van der Waals surface area (Å²) < 4.78 is 0. The molecular formula is C22H25N3O4. The van der Waals surface area contributed by atoms with Crippen LogP contribution in [0.2, 0.25) is 0 Å². The number of urea groups is 1. The van der Waals surface area contributed by atoms with Gasteiger partial charge in [0, 0.05) is 36.3 Å². The number of hydrogen-bond acceptors (Lipinski definition) is 3. The molecule has 2 aromatic carbocycles. The summed E-state index contributed by atoms with van der Waals surface area (Å²) in [5.74, 6) is -1.99. The number of nitrogens with one attached hydrogen (secondary N) is 2. The molecule has 3 amide bonds. The first kappa shape index (κ1) is 20.4. The summed E-state index contributed by atoms with van der Waals surface area (Å²) in [6.07, 6.45) is 0. The average Bonchev–Trinajstić information content (AvgIpc) is 3.14. The van der Waals surface area contributed by atoms with Crippen molar-refractivity contribution < 1.29 is 19.5 Å². The molecule has 1 aliphatic rings. The summed E-state index contributed by atoms with van der Waals surface area (Å²) in [5.41, 5.74) is 1.95. The molecule has 29 heavy (non-hydrogen) atoms. The number of rotatable bonds is 5. The lowest BCUT2D eigenvalue weighted by Crippen LogP contribution is -2.34. The van der Waals surface area contributed by atoms with Gasteiger partial charge in [0.15, 0.2) is 0 Å². The van der Waals surface area contributed by atoms with Gasteiger partial charge in [-0.1, -0.05) is 30.3 Å². The lowest BCUT2D eigenvalue weighted by atomic mass is 9.89. The van der Waals surface area contributed by atoms with E-state index < -0.39 is 11.9 Å². The van der Waals surface area contributed by atoms with Crippen LogP contribution in [0.1, 0.15) is 35.7 Å². The molecule has 2 atom stereocenters. The van der Waals surface area contributed by atoms with Gasteiger partial charge < -0.3 is 20.6 Å². The van der Waals surface area contributed by atoms with Gasteiger partial charge in [-0.05, 0) is 43.7 Å². The van der Waals surface area contributed by atoms with E-state index in [0.717, 1.165) is 5.56 Å². The molecule has 0 radical (unpaired) electrons. The minimum absolute atomic E-state index is 0.0192. The maximum absolute atomic E-state index is 12.9. The van der Waals surface area contributed by atoms with Gasteiger partial charge in [-0.25, -0.2) is 4.79 Å². The van der Waals surface area contributed by atoms with Crippen LogP contribution in [-0.2, 0) is 4.79 Å². The minimum Gasteiger partial charge on any atom is -0.481 e. The summed E-state index contributed by atoms with van der Waals surface area (Å²) in [5, 5.41) is 15.0. The molecular weight excluding hydrogens is 370 g/mol. The molecule has 0 aromatic heterocycles. The monoisotopic (exact) mass is 395 g/mol. The fourth-order valence-electron chi connectivity index (χ4n) is 3.57. The van der Waals surface area contributed by atoms with E-state index in [1.807, 2.05) is 44.2 Å². The van der Waals surface area contributed by atoms with E-state index in [9.17, 15) is 19.5 Å². The van der Waals surface area contributed by atoms with Gasteiger partial charge in [0.2, 0.25) is 0 Å². The molecule has 0 aliphatic carbocycles. The number of carbonyl (C=O) groups excluding carboxylic acids is 2. The number of likely N-dealkylation sites (tertiary alicyclic amines) is 1. The first-order valence-electron chi connectivity index (χ1n) is 9.59. The molecule has 1 saturated heterocycles. The number of amides is 3. The third kappa shape index (κ3) is 4.93. The number of nitrogens with zero attached hydrogens (tertiary/aromatic N) is 1. The molecule has 0 saturated carbocycles. The van der Waals surface area contributed by atoms with Crippen LogP contribution < -0.4 is 10.6 Å². The lowest BCUT2D eigenvalue weighted by Gasteiger charge is -2.17.